The molecule has 7 heteroatoms. The predicted molar refractivity (Wildman–Crippen MR) is 122 cm³/mol. The number of benzene rings is 1. The number of carbonyl (C=O) groups excluding carboxylic acids is 1. The Morgan fingerprint density at radius 3 is 2.65 bits per heavy atom. The number of rotatable bonds is 11. The summed E-state index contributed by atoms with van der Waals surface area (Å²) in [6.07, 6.45) is 6.66. The van der Waals surface area contributed by atoms with Crippen LogP contribution in [0.15, 0.2) is 48.8 Å². The highest BCUT2D eigenvalue weighted by atomic mass is 16.5. The van der Waals surface area contributed by atoms with E-state index in [9.17, 15) is 4.79 Å². The summed E-state index contributed by atoms with van der Waals surface area (Å²) in [4.78, 5) is 19.0. The van der Waals surface area contributed by atoms with Crippen molar-refractivity contribution in [2.75, 3.05) is 44.8 Å². The summed E-state index contributed by atoms with van der Waals surface area (Å²) in [5.41, 5.74) is 3.12. The van der Waals surface area contributed by atoms with Gasteiger partial charge in [0.05, 0.1) is 19.8 Å². The summed E-state index contributed by atoms with van der Waals surface area (Å²) in [5.74, 6) is 0. The van der Waals surface area contributed by atoms with E-state index in [2.05, 4.69) is 32.7 Å². The molecule has 0 unspecified atom stereocenters. The van der Waals surface area contributed by atoms with E-state index in [1.54, 1.807) is 0 Å². The van der Waals surface area contributed by atoms with E-state index in [4.69, 9.17) is 9.47 Å². The molecule has 1 fully saturated rings. The molecule has 2 heterocycles. The normalized spacial score (nSPS) is 15.0. The molecule has 1 aliphatic rings. The van der Waals surface area contributed by atoms with Crippen molar-refractivity contribution in [1.29, 1.82) is 0 Å². The van der Waals surface area contributed by atoms with Gasteiger partial charge in [0.2, 0.25) is 0 Å². The van der Waals surface area contributed by atoms with Crippen molar-refractivity contribution in [3.63, 3.8) is 0 Å². The van der Waals surface area contributed by atoms with Gasteiger partial charge in [-0.25, -0.2) is 4.79 Å². The maximum atomic E-state index is 12.4. The van der Waals surface area contributed by atoms with Gasteiger partial charge in [-0.15, -0.1) is 0 Å². The number of anilines is 1. The number of urea groups is 1. The Kier molecular flexibility index (Phi) is 9.76. The summed E-state index contributed by atoms with van der Waals surface area (Å²) >= 11 is 0. The van der Waals surface area contributed by atoms with Gasteiger partial charge in [0, 0.05) is 50.4 Å². The Balaban J connectivity index is 1.34. The number of pyridine rings is 1. The lowest BCUT2D eigenvalue weighted by Crippen LogP contribution is -2.46. The molecule has 3 rings (SSSR count). The molecule has 7 nitrogen and oxygen atoms in total. The van der Waals surface area contributed by atoms with E-state index in [-0.39, 0.29) is 12.1 Å². The first kappa shape index (κ1) is 23.2. The van der Waals surface area contributed by atoms with Gasteiger partial charge >= 0.3 is 6.03 Å². The number of ether oxygens (including phenoxy) is 2. The summed E-state index contributed by atoms with van der Waals surface area (Å²) in [6, 6.07) is 12.0. The van der Waals surface area contributed by atoms with E-state index in [0.717, 1.165) is 50.1 Å². The SMILES string of the molecule is CCOCCOCc1cccc(NC(=O)NC2CCN(CCc3ccncc3)CC2)c1. The molecular formula is C24H34N4O3. The molecule has 2 amide bonds. The van der Waals surface area contributed by atoms with Crippen LogP contribution in [0, 0.1) is 0 Å². The number of piperidine rings is 1. The quantitative estimate of drug-likeness (QED) is 0.538. The van der Waals surface area contributed by atoms with Crippen LogP contribution in [-0.4, -0.2) is 61.4 Å². The topological polar surface area (TPSA) is 75.7 Å². The van der Waals surface area contributed by atoms with Crippen LogP contribution >= 0.6 is 0 Å². The minimum atomic E-state index is -0.148. The Morgan fingerprint density at radius 1 is 1.10 bits per heavy atom. The third-order valence-electron chi connectivity index (χ3n) is 5.42. The van der Waals surface area contributed by atoms with Crippen LogP contribution in [0.4, 0.5) is 10.5 Å². The molecule has 1 aromatic carbocycles. The van der Waals surface area contributed by atoms with E-state index in [1.807, 2.05) is 43.6 Å². The minimum absolute atomic E-state index is 0.148. The Bertz CT molecular complexity index is 779. The number of nitrogens with one attached hydrogen (secondary N) is 2. The van der Waals surface area contributed by atoms with Gasteiger partial charge in [-0.2, -0.15) is 0 Å². The van der Waals surface area contributed by atoms with Crippen LogP contribution in [0.25, 0.3) is 0 Å². The second-order valence-corrected chi connectivity index (χ2v) is 7.77. The van der Waals surface area contributed by atoms with Crippen LogP contribution in [0.3, 0.4) is 0 Å². The lowest BCUT2D eigenvalue weighted by molar-refractivity contribution is 0.0453. The zero-order valence-corrected chi connectivity index (χ0v) is 18.4. The van der Waals surface area contributed by atoms with Gasteiger partial charge in [-0.3, -0.25) is 4.98 Å². The third-order valence-corrected chi connectivity index (χ3v) is 5.42. The number of hydrogen-bond donors (Lipinski definition) is 2. The zero-order valence-electron chi connectivity index (χ0n) is 18.4. The summed E-state index contributed by atoms with van der Waals surface area (Å²) in [7, 11) is 0. The van der Waals surface area contributed by atoms with Gasteiger partial charge in [0.1, 0.15) is 0 Å². The third kappa shape index (κ3) is 8.65. The number of aromatic nitrogens is 1. The number of likely N-dealkylation sites (tertiary alicyclic amines) is 1. The first-order chi connectivity index (χ1) is 15.2. The van der Waals surface area contributed by atoms with Crippen molar-refractivity contribution < 1.29 is 14.3 Å². The zero-order chi connectivity index (χ0) is 21.7. The molecule has 1 saturated heterocycles. The lowest BCUT2D eigenvalue weighted by Gasteiger charge is -2.32. The molecule has 0 aliphatic carbocycles. The van der Waals surface area contributed by atoms with Crippen molar-refractivity contribution in [2.45, 2.75) is 38.8 Å². The molecule has 2 aromatic rings. The van der Waals surface area contributed by atoms with Crippen molar-refractivity contribution in [3.05, 3.63) is 59.9 Å². The van der Waals surface area contributed by atoms with Crippen molar-refractivity contribution in [2.24, 2.45) is 0 Å². The Morgan fingerprint density at radius 2 is 1.87 bits per heavy atom. The van der Waals surface area contributed by atoms with Crippen molar-refractivity contribution in [1.82, 2.24) is 15.2 Å². The highest BCUT2D eigenvalue weighted by molar-refractivity contribution is 5.89. The molecule has 0 saturated carbocycles. The van der Waals surface area contributed by atoms with Gasteiger partial charge in [-0.1, -0.05) is 12.1 Å². The molecule has 0 bridgehead atoms. The average molecular weight is 427 g/mol. The molecule has 1 aromatic heterocycles. The van der Waals surface area contributed by atoms with Crippen LogP contribution in [-0.2, 0) is 22.5 Å². The average Bonchev–Trinajstić information content (AvgIpc) is 2.79. The monoisotopic (exact) mass is 426 g/mol. The van der Waals surface area contributed by atoms with Gasteiger partial charge in [-0.05, 0) is 61.6 Å². The predicted octanol–water partition coefficient (Wildman–Crippen LogP) is 3.46. The summed E-state index contributed by atoms with van der Waals surface area (Å²) in [6.45, 7) is 7.38. The number of nitrogens with zero attached hydrogens (tertiary/aromatic N) is 2. The maximum Gasteiger partial charge on any atom is 0.319 e. The first-order valence-electron chi connectivity index (χ1n) is 11.2. The highest BCUT2D eigenvalue weighted by Crippen LogP contribution is 2.14. The smallest absolute Gasteiger partial charge is 0.319 e. The summed E-state index contributed by atoms with van der Waals surface area (Å²) < 4.78 is 10.9. The molecule has 0 radical (unpaired) electrons. The van der Waals surface area contributed by atoms with E-state index in [0.29, 0.717) is 26.4 Å². The highest BCUT2D eigenvalue weighted by Gasteiger charge is 2.20. The molecule has 0 spiro atoms. The van der Waals surface area contributed by atoms with Gasteiger partial charge < -0.3 is 25.0 Å². The Hall–Kier alpha value is -2.48. The number of amides is 2. The van der Waals surface area contributed by atoms with Gasteiger partial charge in [0.15, 0.2) is 0 Å². The second kappa shape index (κ2) is 13.0. The van der Waals surface area contributed by atoms with Crippen LogP contribution in [0.5, 0.6) is 0 Å². The van der Waals surface area contributed by atoms with Crippen molar-refractivity contribution in [3.8, 4) is 0 Å². The largest absolute Gasteiger partial charge is 0.379 e. The van der Waals surface area contributed by atoms with E-state index >= 15 is 0 Å². The standard InChI is InChI=1S/C24H34N4O3/c1-2-30-16-17-31-19-21-4-3-5-23(18-21)27-24(29)26-22-9-14-28(15-10-22)13-8-20-6-11-25-12-7-20/h3-7,11-12,18,22H,2,8-10,13-17,19H2,1H3,(H2,26,27,29). The maximum absolute atomic E-state index is 12.4. The van der Waals surface area contributed by atoms with Crippen LogP contribution in [0.1, 0.15) is 30.9 Å². The molecule has 2 N–H and O–H groups in total. The van der Waals surface area contributed by atoms with Crippen molar-refractivity contribution >= 4 is 11.7 Å². The van der Waals surface area contributed by atoms with E-state index < -0.39 is 0 Å². The van der Waals surface area contributed by atoms with E-state index in [1.165, 1.54) is 5.56 Å². The molecule has 168 valence electrons. The van der Waals surface area contributed by atoms with Gasteiger partial charge in [0.25, 0.3) is 0 Å². The minimum Gasteiger partial charge on any atom is -0.379 e. The molecular weight excluding hydrogens is 392 g/mol. The fourth-order valence-corrected chi connectivity index (χ4v) is 3.68. The molecule has 0 atom stereocenters. The second-order valence-electron chi connectivity index (χ2n) is 7.77. The van der Waals surface area contributed by atoms with Crippen LogP contribution in [0.2, 0.25) is 0 Å². The molecule has 31 heavy (non-hydrogen) atoms. The van der Waals surface area contributed by atoms with Crippen LogP contribution < -0.4 is 10.6 Å². The Labute approximate surface area is 185 Å². The summed E-state index contributed by atoms with van der Waals surface area (Å²) in [5, 5.41) is 6.06. The first-order valence-corrected chi connectivity index (χ1v) is 11.2. The lowest BCUT2D eigenvalue weighted by atomic mass is 10.0. The number of hydrogen-bond acceptors (Lipinski definition) is 5. The fraction of sp³-hybridized carbons (Fsp3) is 0.500. The fourth-order valence-electron chi connectivity index (χ4n) is 3.68. The molecule has 1 aliphatic heterocycles. The number of carbonyl (C=O) groups is 1.